The molecule has 1 N–H and O–H groups in total. The Hall–Kier alpha value is -3.08. The van der Waals surface area contributed by atoms with Gasteiger partial charge in [-0.3, -0.25) is 9.59 Å². The second-order valence-corrected chi connectivity index (χ2v) is 6.45. The third kappa shape index (κ3) is 3.33. The molecule has 0 bridgehead atoms. The highest BCUT2D eigenvalue weighted by Crippen LogP contribution is 2.29. The van der Waals surface area contributed by atoms with Crippen LogP contribution in [0.15, 0.2) is 48.5 Å². The van der Waals surface area contributed by atoms with Gasteiger partial charge in [0.05, 0.1) is 18.0 Å². The first kappa shape index (κ1) is 16.4. The van der Waals surface area contributed by atoms with Crippen LogP contribution in [0.25, 0.3) is 6.08 Å². The average molecular weight is 348 g/mol. The van der Waals surface area contributed by atoms with E-state index in [9.17, 15) is 9.59 Å². The third-order valence-electron chi connectivity index (χ3n) is 4.67. The van der Waals surface area contributed by atoms with Crippen molar-refractivity contribution in [2.24, 2.45) is 0 Å². The lowest BCUT2D eigenvalue weighted by atomic mass is 10.1. The first-order chi connectivity index (χ1) is 12.7. The molecule has 2 aromatic rings. The van der Waals surface area contributed by atoms with Gasteiger partial charge in [-0.2, -0.15) is 0 Å². The molecule has 0 aromatic heterocycles. The number of para-hydroxylation sites is 2. The number of carbonyl (C=O) groups excluding carboxylic acids is 2. The second kappa shape index (κ2) is 7.04. The fraction of sp³-hybridized carbons (Fsp3) is 0.238. The molecule has 0 unspecified atom stereocenters. The molecule has 2 aliphatic heterocycles. The minimum atomic E-state index is -0.221. The molecule has 1 fully saturated rings. The molecule has 0 atom stereocenters. The summed E-state index contributed by atoms with van der Waals surface area (Å²) >= 11 is 0. The van der Waals surface area contributed by atoms with Gasteiger partial charge in [0, 0.05) is 25.5 Å². The highest BCUT2D eigenvalue weighted by molar-refractivity contribution is 6.06. The molecule has 1 saturated heterocycles. The predicted molar refractivity (Wildman–Crippen MR) is 101 cm³/mol. The Kier molecular flexibility index (Phi) is 4.44. The zero-order valence-corrected chi connectivity index (χ0v) is 14.4. The average Bonchev–Trinajstić information content (AvgIpc) is 3.28. The third-order valence-corrected chi connectivity index (χ3v) is 4.67. The van der Waals surface area contributed by atoms with Gasteiger partial charge in [-0.25, -0.2) is 0 Å². The Morgan fingerprint density at radius 3 is 2.88 bits per heavy atom. The molecule has 2 amide bonds. The van der Waals surface area contributed by atoms with E-state index in [1.54, 1.807) is 11.0 Å². The predicted octanol–water partition coefficient (Wildman–Crippen LogP) is 3.40. The van der Waals surface area contributed by atoms with Crippen LogP contribution >= 0.6 is 0 Å². The molecular formula is C21H20N2O3. The van der Waals surface area contributed by atoms with Gasteiger partial charge < -0.3 is 15.0 Å². The van der Waals surface area contributed by atoms with Gasteiger partial charge in [0.2, 0.25) is 11.8 Å². The summed E-state index contributed by atoms with van der Waals surface area (Å²) in [6.07, 6.45) is 5.62. The number of nitrogens with zero attached hydrogens (tertiary/aromatic N) is 1. The highest BCUT2D eigenvalue weighted by Gasteiger charge is 2.23. The van der Waals surface area contributed by atoms with Crippen molar-refractivity contribution < 1.29 is 14.3 Å². The molecule has 26 heavy (non-hydrogen) atoms. The quantitative estimate of drug-likeness (QED) is 0.862. The molecule has 0 spiro atoms. The number of nitrogens with one attached hydrogen (secondary N) is 1. The van der Waals surface area contributed by atoms with Crippen molar-refractivity contribution in [2.75, 3.05) is 23.4 Å². The fourth-order valence-electron chi connectivity index (χ4n) is 3.37. The summed E-state index contributed by atoms with van der Waals surface area (Å²) in [4.78, 5) is 26.1. The topological polar surface area (TPSA) is 58.6 Å². The maximum absolute atomic E-state index is 12.3. The molecule has 0 radical (unpaired) electrons. The van der Waals surface area contributed by atoms with E-state index in [2.05, 4.69) is 5.32 Å². The van der Waals surface area contributed by atoms with Gasteiger partial charge in [-0.05, 0) is 47.9 Å². The zero-order valence-electron chi connectivity index (χ0n) is 14.4. The molecular weight excluding hydrogens is 328 g/mol. The first-order valence-corrected chi connectivity index (χ1v) is 8.85. The number of amides is 2. The minimum absolute atomic E-state index is 0.0996. The van der Waals surface area contributed by atoms with Crippen LogP contribution in [-0.4, -0.2) is 25.0 Å². The smallest absolute Gasteiger partial charge is 0.248 e. The molecule has 4 rings (SSSR count). The molecule has 2 aromatic carbocycles. The molecule has 132 valence electrons. The largest absolute Gasteiger partial charge is 0.493 e. The second-order valence-electron chi connectivity index (χ2n) is 6.45. The van der Waals surface area contributed by atoms with E-state index in [0.717, 1.165) is 36.4 Å². The fourth-order valence-corrected chi connectivity index (χ4v) is 3.37. The summed E-state index contributed by atoms with van der Waals surface area (Å²) in [5.74, 6) is 0.805. The Labute approximate surface area is 152 Å². The number of carbonyl (C=O) groups is 2. The number of fused-ring (bicyclic) bond motifs is 1. The standard InChI is InChI=1S/C21H20N2O3/c24-20(10-8-15-7-9-19-16(14-15)11-13-26-19)22-17-4-1-2-5-18(17)23-12-3-6-21(23)25/h1-2,4-5,7-10,14H,3,6,11-13H2,(H,22,24)/b10-8+. The summed E-state index contributed by atoms with van der Waals surface area (Å²) in [5, 5.41) is 2.89. The van der Waals surface area contributed by atoms with Crippen LogP contribution < -0.4 is 15.0 Å². The minimum Gasteiger partial charge on any atom is -0.493 e. The van der Waals surface area contributed by atoms with Crippen molar-refractivity contribution in [3.8, 4) is 5.75 Å². The number of rotatable bonds is 4. The van der Waals surface area contributed by atoms with Crippen LogP contribution in [-0.2, 0) is 16.0 Å². The van der Waals surface area contributed by atoms with E-state index in [4.69, 9.17) is 4.74 Å². The number of ether oxygens (including phenoxy) is 1. The summed E-state index contributed by atoms with van der Waals surface area (Å²) in [5.41, 5.74) is 3.55. The van der Waals surface area contributed by atoms with Gasteiger partial charge in [0.1, 0.15) is 5.75 Å². The molecule has 0 aliphatic carbocycles. The number of hydrogen-bond donors (Lipinski definition) is 1. The zero-order chi connectivity index (χ0) is 17.9. The van der Waals surface area contributed by atoms with Gasteiger partial charge in [0.15, 0.2) is 0 Å². The molecule has 5 nitrogen and oxygen atoms in total. The van der Waals surface area contributed by atoms with Crippen LogP contribution in [0, 0.1) is 0 Å². The van der Waals surface area contributed by atoms with E-state index in [1.807, 2.05) is 42.5 Å². The lowest BCUT2D eigenvalue weighted by Crippen LogP contribution is -2.25. The molecule has 0 saturated carbocycles. The van der Waals surface area contributed by atoms with E-state index < -0.39 is 0 Å². The summed E-state index contributed by atoms with van der Waals surface area (Å²) < 4.78 is 5.49. The lowest BCUT2D eigenvalue weighted by Gasteiger charge is -2.19. The van der Waals surface area contributed by atoms with Gasteiger partial charge >= 0.3 is 0 Å². The van der Waals surface area contributed by atoms with Crippen LogP contribution in [0.1, 0.15) is 24.0 Å². The molecule has 2 heterocycles. The van der Waals surface area contributed by atoms with Crippen molar-refractivity contribution in [1.29, 1.82) is 0 Å². The van der Waals surface area contributed by atoms with E-state index in [1.165, 1.54) is 11.6 Å². The van der Waals surface area contributed by atoms with Crippen LogP contribution in [0.4, 0.5) is 11.4 Å². The van der Waals surface area contributed by atoms with Crippen LogP contribution in [0.3, 0.4) is 0 Å². The van der Waals surface area contributed by atoms with E-state index in [0.29, 0.717) is 18.7 Å². The first-order valence-electron chi connectivity index (χ1n) is 8.85. The number of hydrogen-bond acceptors (Lipinski definition) is 3. The van der Waals surface area contributed by atoms with Crippen molar-refractivity contribution in [2.45, 2.75) is 19.3 Å². The van der Waals surface area contributed by atoms with E-state index in [-0.39, 0.29) is 11.8 Å². The highest BCUT2D eigenvalue weighted by atomic mass is 16.5. The van der Waals surface area contributed by atoms with Crippen molar-refractivity contribution in [3.05, 3.63) is 59.7 Å². The molecule has 2 aliphatic rings. The van der Waals surface area contributed by atoms with E-state index >= 15 is 0 Å². The maximum Gasteiger partial charge on any atom is 0.248 e. The molecule has 5 heteroatoms. The Bertz CT molecular complexity index is 889. The van der Waals surface area contributed by atoms with Crippen LogP contribution in [0.2, 0.25) is 0 Å². The summed E-state index contributed by atoms with van der Waals surface area (Å²) in [6, 6.07) is 13.3. The summed E-state index contributed by atoms with van der Waals surface area (Å²) in [7, 11) is 0. The summed E-state index contributed by atoms with van der Waals surface area (Å²) in [6.45, 7) is 1.41. The van der Waals surface area contributed by atoms with Gasteiger partial charge in [0.25, 0.3) is 0 Å². The SMILES string of the molecule is O=C(/C=C/c1ccc2c(c1)CCO2)Nc1ccccc1N1CCCC1=O. The van der Waals surface area contributed by atoms with Gasteiger partial charge in [-0.15, -0.1) is 0 Å². The lowest BCUT2D eigenvalue weighted by molar-refractivity contribution is -0.117. The van der Waals surface area contributed by atoms with Gasteiger partial charge in [-0.1, -0.05) is 18.2 Å². The Morgan fingerprint density at radius 2 is 2.04 bits per heavy atom. The van der Waals surface area contributed by atoms with Crippen molar-refractivity contribution >= 4 is 29.3 Å². The normalized spacial score (nSPS) is 16.0. The Balaban J connectivity index is 1.48. The van der Waals surface area contributed by atoms with Crippen LogP contribution in [0.5, 0.6) is 5.75 Å². The van der Waals surface area contributed by atoms with Crippen molar-refractivity contribution in [1.82, 2.24) is 0 Å². The van der Waals surface area contributed by atoms with Crippen molar-refractivity contribution in [3.63, 3.8) is 0 Å². The number of anilines is 2. The monoisotopic (exact) mass is 348 g/mol. The number of benzene rings is 2. The maximum atomic E-state index is 12.3. The Morgan fingerprint density at radius 1 is 1.15 bits per heavy atom.